The minimum absolute atomic E-state index is 0.0386. The highest BCUT2D eigenvalue weighted by Crippen LogP contribution is 2.25. The van der Waals surface area contributed by atoms with Gasteiger partial charge in [0.2, 0.25) is 0 Å². The first kappa shape index (κ1) is 15.5. The average molecular weight is 325 g/mol. The van der Waals surface area contributed by atoms with E-state index < -0.39 is 5.97 Å². The number of Topliss-reactive ketones (excluding diaryl/α,β-unsaturated/α-hetero) is 1. The second-order valence-electron chi connectivity index (χ2n) is 4.19. The summed E-state index contributed by atoms with van der Waals surface area (Å²) in [6, 6.07) is 7.40. The largest absolute Gasteiger partial charge is 0.464 e. The first-order valence-electron chi connectivity index (χ1n) is 6.10. The highest BCUT2D eigenvalue weighted by Gasteiger charge is 2.21. The van der Waals surface area contributed by atoms with Gasteiger partial charge in [0, 0.05) is 18.5 Å². The molecule has 0 fully saturated rings. The number of carbonyl (C=O) groups excluding carboxylic acids is 2. The molecule has 1 aromatic carbocycles. The van der Waals surface area contributed by atoms with Crippen molar-refractivity contribution in [2.24, 2.45) is 0 Å². The van der Waals surface area contributed by atoms with Gasteiger partial charge in [-0.2, -0.15) is 0 Å². The van der Waals surface area contributed by atoms with Crippen LogP contribution in [0.2, 0.25) is 5.02 Å². The Balaban J connectivity index is 2.20. The number of hydrogen-bond donors (Lipinski definition) is 1. The van der Waals surface area contributed by atoms with Crippen molar-refractivity contribution in [3.8, 4) is 0 Å². The topological polar surface area (TPSA) is 68.3 Å². The molecule has 0 aliphatic heterocycles. The number of nitrogens with zero attached hydrogens (tertiary/aromatic N) is 1. The van der Waals surface area contributed by atoms with Gasteiger partial charge in [-0.15, -0.1) is 0 Å². The number of esters is 1. The number of anilines is 1. The van der Waals surface area contributed by atoms with Gasteiger partial charge in [0.25, 0.3) is 0 Å². The zero-order valence-electron chi connectivity index (χ0n) is 11.5. The summed E-state index contributed by atoms with van der Waals surface area (Å²) in [5.74, 6) is -0.846. The normalized spacial score (nSPS) is 10.2. The van der Waals surface area contributed by atoms with Gasteiger partial charge in [0.05, 0.1) is 7.11 Å². The monoisotopic (exact) mass is 324 g/mol. The maximum Gasteiger partial charge on any atom is 0.358 e. The lowest BCUT2D eigenvalue weighted by atomic mass is 10.2. The van der Waals surface area contributed by atoms with Crippen LogP contribution in [0, 0.1) is 0 Å². The number of benzene rings is 1. The molecule has 21 heavy (non-hydrogen) atoms. The number of halogens is 1. The van der Waals surface area contributed by atoms with Gasteiger partial charge in [-0.3, -0.25) is 4.79 Å². The Bertz CT molecular complexity index is 685. The fourth-order valence-electron chi connectivity index (χ4n) is 1.68. The zero-order valence-corrected chi connectivity index (χ0v) is 13.0. The SMILES string of the molecule is COC(=O)c1nc(NCc2ccccc2Cl)sc1C(C)=O. The number of thiazole rings is 1. The molecule has 0 bridgehead atoms. The second kappa shape index (κ2) is 6.69. The molecule has 2 rings (SSSR count). The molecule has 0 saturated heterocycles. The minimum Gasteiger partial charge on any atom is -0.464 e. The van der Waals surface area contributed by atoms with Crippen molar-refractivity contribution >= 4 is 39.8 Å². The van der Waals surface area contributed by atoms with Crippen molar-refractivity contribution in [1.29, 1.82) is 0 Å². The molecule has 0 aliphatic carbocycles. The summed E-state index contributed by atoms with van der Waals surface area (Å²) >= 11 is 7.19. The summed E-state index contributed by atoms with van der Waals surface area (Å²) < 4.78 is 4.63. The average Bonchev–Trinajstić information content (AvgIpc) is 2.90. The van der Waals surface area contributed by atoms with Crippen molar-refractivity contribution in [2.45, 2.75) is 13.5 Å². The van der Waals surface area contributed by atoms with Gasteiger partial charge in [-0.05, 0) is 11.6 Å². The van der Waals surface area contributed by atoms with Crippen LogP contribution in [0.1, 0.15) is 32.6 Å². The standard InChI is InChI=1S/C14H13ClN2O3S/c1-8(18)12-11(13(19)20-2)17-14(21-12)16-7-9-5-3-4-6-10(9)15/h3-6H,7H2,1-2H3,(H,16,17). The Morgan fingerprint density at radius 2 is 2.10 bits per heavy atom. The molecule has 0 atom stereocenters. The van der Waals surface area contributed by atoms with Gasteiger partial charge in [0.15, 0.2) is 16.6 Å². The molecule has 1 heterocycles. The van der Waals surface area contributed by atoms with Gasteiger partial charge < -0.3 is 10.1 Å². The summed E-state index contributed by atoms with van der Waals surface area (Å²) in [5, 5.41) is 4.17. The molecule has 0 unspecified atom stereocenters. The second-order valence-corrected chi connectivity index (χ2v) is 5.60. The van der Waals surface area contributed by atoms with E-state index in [1.807, 2.05) is 18.2 Å². The van der Waals surface area contributed by atoms with E-state index in [2.05, 4.69) is 15.0 Å². The van der Waals surface area contributed by atoms with Gasteiger partial charge in [0.1, 0.15) is 4.88 Å². The summed E-state index contributed by atoms with van der Waals surface area (Å²) in [5.41, 5.74) is 0.940. The Hall–Kier alpha value is -1.92. The number of rotatable bonds is 5. The van der Waals surface area contributed by atoms with E-state index in [1.54, 1.807) is 6.07 Å². The minimum atomic E-state index is -0.623. The number of hydrogen-bond acceptors (Lipinski definition) is 6. The number of aromatic nitrogens is 1. The lowest BCUT2D eigenvalue weighted by Gasteiger charge is -2.04. The highest BCUT2D eigenvalue weighted by molar-refractivity contribution is 7.17. The van der Waals surface area contributed by atoms with Crippen molar-refractivity contribution in [2.75, 3.05) is 12.4 Å². The molecule has 0 amide bonds. The quantitative estimate of drug-likeness (QED) is 0.674. The first-order chi connectivity index (χ1) is 10.0. The molecule has 7 heteroatoms. The molecular formula is C14H13ClN2O3S. The third-order valence-electron chi connectivity index (χ3n) is 2.71. The van der Waals surface area contributed by atoms with E-state index in [0.717, 1.165) is 16.9 Å². The Morgan fingerprint density at radius 1 is 1.38 bits per heavy atom. The van der Waals surface area contributed by atoms with Crippen molar-refractivity contribution in [1.82, 2.24) is 4.98 Å². The molecule has 0 spiro atoms. The molecule has 0 radical (unpaired) electrons. The van der Waals surface area contributed by atoms with Crippen LogP contribution < -0.4 is 5.32 Å². The number of carbonyl (C=O) groups is 2. The predicted octanol–water partition coefficient (Wildman–Crippen LogP) is 3.40. The fourth-order valence-corrected chi connectivity index (χ4v) is 2.73. The van der Waals surface area contributed by atoms with Crippen LogP contribution >= 0.6 is 22.9 Å². The molecule has 5 nitrogen and oxygen atoms in total. The van der Waals surface area contributed by atoms with E-state index in [-0.39, 0.29) is 16.4 Å². The number of ether oxygens (including phenoxy) is 1. The van der Waals surface area contributed by atoms with E-state index in [0.29, 0.717) is 16.7 Å². The molecule has 1 N–H and O–H groups in total. The molecule has 2 aromatic rings. The summed E-state index contributed by atoms with van der Waals surface area (Å²) in [7, 11) is 1.25. The summed E-state index contributed by atoms with van der Waals surface area (Å²) in [6.07, 6.45) is 0. The van der Waals surface area contributed by atoms with Crippen LogP contribution in [0.15, 0.2) is 24.3 Å². The van der Waals surface area contributed by atoms with Gasteiger partial charge in [-0.1, -0.05) is 41.1 Å². The van der Waals surface area contributed by atoms with Crippen LogP contribution in [0.3, 0.4) is 0 Å². The van der Waals surface area contributed by atoms with Gasteiger partial charge in [-0.25, -0.2) is 9.78 Å². The maximum absolute atomic E-state index is 11.6. The van der Waals surface area contributed by atoms with Crippen molar-refractivity contribution in [3.63, 3.8) is 0 Å². The van der Waals surface area contributed by atoms with E-state index >= 15 is 0 Å². The van der Waals surface area contributed by atoms with Crippen LogP contribution in [-0.4, -0.2) is 23.8 Å². The van der Waals surface area contributed by atoms with Crippen LogP contribution in [0.25, 0.3) is 0 Å². The molecule has 110 valence electrons. The third-order valence-corrected chi connectivity index (χ3v) is 4.20. The third kappa shape index (κ3) is 3.59. The fraction of sp³-hybridized carbons (Fsp3) is 0.214. The predicted molar refractivity (Wildman–Crippen MR) is 82.2 cm³/mol. The molecule has 0 saturated carbocycles. The smallest absolute Gasteiger partial charge is 0.358 e. The summed E-state index contributed by atoms with van der Waals surface area (Å²) in [6.45, 7) is 1.84. The lowest BCUT2D eigenvalue weighted by Crippen LogP contribution is -2.07. The van der Waals surface area contributed by atoms with Crippen molar-refractivity contribution < 1.29 is 14.3 Å². The zero-order chi connectivity index (χ0) is 15.4. The molecule has 1 aromatic heterocycles. The molecular weight excluding hydrogens is 312 g/mol. The van der Waals surface area contributed by atoms with E-state index in [4.69, 9.17) is 11.6 Å². The summed E-state index contributed by atoms with van der Waals surface area (Å²) in [4.78, 5) is 27.5. The van der Waals surface area contributed by atoms with Crippen LogP contribution in [0.4, 0.5) is 5.13 Å². The van der Waals surface area contributed by atoms with Crippen LogP contribution in [0.5, 0.6) is 0 Å². The Labute approximate surface area is 130 Å². The molecule has 0 aliphatic rings. The van der Waals surface area contributed by atoms with Gasteiger partial charge >= 0.3 is 5.97 Å². The lowest BCUT2D eigenvalue weighted by molar-refractivity contribution is 0.0591. The number of nitrogens with one attached hydrogen (secondary N) is 1. The van der Waals surface area contributed by atoms with Crippen molar-refractivity contribution in [3.05, 3.63) is 45.4 Å². The Morgan fingerprint density at radius 3 is 2.71 bits per heavy atom. The van der Waals surface area contributed by atoms with Crippen LogP contribution in [-0.2, 0) is 11.3 Å². The van der Waals surface area contributed by atoms with E-state index in [9.17, 15) is 9.59 Å². The van der Waals surface area contributed by atoms with E-state index in [1.165, 1.54) is 14.0 Å². The number of methoxy groups -OCH3 is 1. The maximum atomic E-state index is 11.6. The number of ketones is 1. The Kier molecular flexibility index (Phi) is 4.93. The first-order valence-corrected chi connectivity index (χ1v) is 7.29. The highest BCUT2D eigenvalue weighted by atomic mass is 35.5.